The smallest absolute Gasteiger partial charge is 0.276 e. The van der Waals surface area contributed by atoms with Crippen LogP contribution in [0, 0.1) is 13.8 Å². The van der Waals surface area contributed by atoms with Crippen LogP contribution in [-0.4, -0.2) is 33.8 Å². The molecule has 10 nitrogen and oxygen atoms in total. The molecule has 11 heteroatoms. The first kappa shape index (κ1) is 23.4. The predicted molar refractivity (Wildman–Crippen MR) is 136 cm³/mol. The summed E-state index contributed by atoms with van der Waals surface area (Å²) in [5, 5.41) is 4.03. The van der Waals surface area contributed by atoms with Gasteiger partial charge in [0.2, 0.25) is 10.0 Å². The number of fused-ring (bicyclic) bond motifs is 1. The predicted octanol–water partition coefficient (Wildman–Crippen LogP) is 4.14. The van der Waals surface area contributed by atoms with Crippen molar-refractivity contribution in [2.45, 2.75) is 13.8 Å². The summed E-state index contributed by atoms with van der Waals surface area (Å²) in [6, 6.07) is 12.5. The van der Waals surface area contributed by atoms with Gasteiger partial charge >= 0.3 is 0 Å². The van der Waals surface area contributed by atoms with Crippen LogP contribution in [0.3, 0.4) is 0 Å². The van der Waals surface area contributed by atoms with Crippen molar-refractivity contribution in [3.63, 3.8) is 0 Å². The number of nitrogens with zero attached hydrogens (tertiary/aromatic N) is 4. The summed E-state index contributed by atoms with van der Waals surface area (Å²) < 4.78 is 41.0. The molecule has 0 atom stereocenters. The number of rotatable bonds is 6. The lowest BCUT2D eigenvalue weighted by Crippen LogP contribution is -2.19. The van der Waals surface area contributed by atoms with E-state index in [4.69, 9.17) is 9.26 Å². The molecular weight excluding hydrogens is 482 g/mol. The van der Waals surface area contributed by atoms with Crippen molar-refractivity contribution < 1.29 is 17.7 Å². The lowest BCUT2D eigenvalue weighted by molar-refractivity contribution is 0.393. The van der Waals surface area contributed by atoms with Crippen molar-refractivity contribution in [1.82, 2.24) is 19.1 Å². The molecule has 3 heterocycles. The highest BCUT2D eigenvalue weighted by Gasteiger charge is 2.17. The molecule has 36 heavy (non-hydrogen) atoms. The van der Waals surface area contributed by atoms with Crippen LogP contribution in [0.25, 0.3) is 27.9 Å². The number of nitrogens with one attached hydrogen (secondary N) is 1. The molecule has 0 amide bonds. The normalized spacial score (nSPS) is 11.7. The average Bonchev–Trinajstić information content (AvgIpc) is 3.43. The number of aromatic nitrogens is 4. The Morgan fingerprint density at radius 1 is 1.11 bits per heavy atom. The first-order chi connectivity index (χ1) is 17.1. The number of hydrogen-bond acceptors (Lipinski definition) is 7. The largest absolute Gasteiger partial charge is 0.457 e. The molecule has 0 saturated heterocycles. The van der Waals surface area contributed by atoms with Gasteiger partial charge in [0.15, 0.2) is 0 Å². The maximum absolute atomic E-state index is 12.6. The summed E-state index contributed by atoms with van der Waals surface area (Å²) in [6.45, 7) is 3.73. The number of ether oxygens (including phenoxy) is 1. The summed E-state index contributed by atoms with van der Waals surface area (Å²) in [4.78, 5) is 16.7. The monoisotopic (exact) mass is 505 g/mol. The van der Waals surface area contributed by atoms with E-state index in [0.717, 1.165) is 23.1 Å². The van der Waals surface area contributed by atoms with Gasteiger partial charge in [-0.25, -0.2) is 13.4 Å². The molecule has 5 rings (SSSR count). The quantitative estimate of drug-likeness (QED) is 0.368. The van der Waals surface area contributed by atoms with Gasteiger partial charge in [-0.15, -0.1) is 0 Å². The van der Waals surface area contributed by atoms with Crippen LogP contribution in [0.2, 0.25) is 0 Å². The van der Waals surface area contributed by atoms with Crippen molar-refractivity contribution in [3.8, 4) is 33.9 Å². The van der Waals surface area contributed by atoms with Crippen molar-refractivity contribution in [3.05, 3.63) is 83.0 Å². The van der Waals surface area contributed by atoms with Gasteiger partial charge < -0.3 is 13.8 Å². The lowest BCUT2D eigenvalue weighted by Gasteiger charge is -2.16. The van der Waals surface area contributed by atoms with Gasteiger partial charge in [0.1, 0.15) is 22.8 Å². The van der Waals surface area contributed by atoms with E-state index in [0.29, 0.717) is 39.7 Å². The van der Waals surface area contributed by atoms with Crippen LogP contribution in [-0.2, 0) is 17.1 Å². The first-order valence-corrected chi connectivity index (χ1v) is 12.8. The summed E-state index contributed by atoms with van der Waals surface area (Å²) in [5.74, 6) is 1.72. The molecule has 0 radical (unpaired) electrons. The van der Waals surface area contributed by atoms with Gasteiger partial charge in [-0.2, -0.15) is 0 Å². The highest BCUT2D eigenvalue weighted by atomic mass is 32.2. The van der Waals surface area contributed by atoms with Crippen LogP contribution in [0.1, 0.15) is 11.5 Å². The van der Waals surface area contributed by atoms with Crippen molar-refractivity contribution in [2.75, 3.05) is 11.0 Å². The molecule has 0 bridgehead atoms. The Labute approximate surface area is 206 Å². The van der Waals surface area contributed by atoms with E-state index < -0.39 is 10.0 Å². The van der Waals surface area contributed by atoms with Gasteiger partial charge in [-0.05, 0) is 49.7 Å². The third-order valence-electron chi connectivity index (χ3n) is 5.70. The Morgan fingerprint density at radius 3 is 2.64 bits per heavy atom. The Bertz CT molecular complexity index is 1760. The van der Waals surface area contributed by atoms with Crippen LogP contribution in [0.15, 0.2) is 70.5 Å². The zero-order valence-corrected chi connectivity index (χ0v) is 20.8. The third kappa shape index (κ3) is 4.36. The van der Waals surface area contributed by atoms with Crippen molar-refractivity contribution >= 4 is 21.2 Å². The molecule has 0 spiro atoms. The molecule has 184 valence electrons. The number of anilines is 1. The minimum absolute atomic E-state index is 0.212. The number of hydrogen-bond donors (Lipinski definition) is 1. The van der Waals surface area contributed by atoms with E-state index in [1.807, 2.05) is 38.1 Å². The lowest BCUT2D eigenvalue weighted by atomic mass is 10.0. The van der Waals surface area contributed by atoms with E-state index in [1.54, 1.807) is 35.8 Å². The van der Waals surface area contributed by atoms with Gasteiger partial charge in [-0.1, -0.05) is 17.3 Å². The average molecular weight is 506 g/mol. The second-order valence-corrected chi connectivity index (χ2v) is 10.2. The Kier molecular flexibility index (Phi) is 5.64. The summed E-state index contributed by atoms with van der Waals surface area (Å²) in [5.41, 5.74) is 4.23. The number of benzene rings is 2. The van der Waals surface area contributed by atoms with E-state index in [2.05, 4.69) is 14.9 Å². The maximum atomic E-state index is 12.6. The summed E-state index contributed by atoms with van der Waals surface area (Å²) >= 11 is 0. The molecule has 3 aromatic heterocycles. The van der Waals surface area contributed by atoms with Crippen LogP contribution in [0.4, 0.5) is 5.69 Å². The Balaban J connectivity index is 1.66. The zero-order chi connectivity index (χ0) is 25.6. The molecule has 0 unspecified atom stereocenters. The molecule has 0 aliphatic carbocycles. The molecule has 0 aliphatic rings. The highest BCUT2D eigenvalue weighted by molar-refractivity contribution is 7.92. The fraction of sp³-hybridized carbons (Fsp3) is 0.160. The molecule has 1 N–H and O–H groups in total. The molecule has 5 aromatic rings. The molecule has 0 aliphatic heterocycles. The van der Waals surface area contributed by atoms with Gasteiger partial charge in [0.25, 0.3) is 5.56 Å². The van der Waals surface area contributed by atoms with Gasteiger partial charge in [0, 0.05) is 30.1 Å². The molecule has 0 fully saturated rings. The number of sulfonamides is 1. The third-order valence-corrected chi connectivity index (χ3v) is 6.30. The van der Waals surface area contributed by atoms with Gasteiger partial charge in [-0.3, -0.25) is 13.9 Å². The second-order valence-electron chi connectivity index (χ2n) is 8.49. The number of imidazole rings is 1. The van der Waals surface area contributed by atoms with E-state index in [1.165, 1.54) is 17.1 Å². The second kappa shape index (κ2) is 8.68. The minimum atomic E-state index is -3.51. The highest BCUT2D eigenvalue weighted by Crippen LogP contribution is 2.37. The zero-order valence-electron chi connectivity index (χ0n) is 20.0. The van der Waals surface area contributed by atoms with Crippen LogP contribution < -0.4 is 15.0 Å². The number of aryl methyl sites for hydroxylation is 3. The molecule has 0 saturated carbocycles. The van der Waals surface area contributed by atoms with Crippen molar-refractivity contribution in [2.24, 2.45) is 7.05 Å². The van der Waals surface area contributed by atoms with E-state index in [9.17, 15) is 13.2 Å². The minimum Gasteiger partial charge on any atom is -0.457 e. The van der Waals surface area contributed by atoms with Crippen molar-refractivity contribution in [1.29, 1.82) is 0 Å². The van der Waals surface area contributed by atoms with E-state index >= 15 is 0 Å². The SMILES string of the molecule is Cc1noc(C)c1-c1cccc(Oc2ccc(NS(C)(=O)=O)cc2-c2cn(C)c(=O)c3cncn23)c1. The molecular formula is C25H23N5O5S. The topological polar surface area (TPSA) is 121 Å². The first-order valence-electron chi connectivity index (χ1n) is 11.0. The summed E-state index contributed by atoms with van der Waals surface area (Å²) in [6.07, 6.45) is 5.75. The summed E-state index contributed by atoms with van der Waals surface area (Å²) in [7, 11) is -1.87. The fourth-order valence-electron chi connectivity index (χ4n) is 4.16. The van der Waals surface area contributed by atoms with Gasteiger partial charge in [0.05, 0.1) is 30.2 Å². The van der Waals surface area contributed by atoms with Crippen LogP contribution >= 0.6 is 0 Å². The standard InChI is InChI=1S/C25H23N5O5S/c1-15-24(16(2)35-27-15)17-6-5-7-19(10-17)34-23-9-8-18(28-36(4,32)33)11-20(23)22-13-29(3)25(31)21-12-26-14-30(21)22/h5-14,28H,1-4H3. The Morgan fingerprint density at radius 2 is 1.92 bits per heavy atom. The maximum Gasteiger partial charge on any atom is 0.276 e. The Hall–Kier alpha value is -4.38. The van der Waals surface area contributed by atoms with Crippen LogP contribution in [0.5, 0.6) is 11.5 Å². The molecule has 2 aromatic carbocycles. The fourth-order valence-corrected chi connectivity index (χ4v) is 4.72. The van der Waals surface area contributed by atoms with E-state index in [-0.39, 0.29) is 5.56 Å².